The normalized spacial score (nSPS) is 15.2. The molecule has 1 unspecified atom stereocenters. The van der Waals surface area contributed by atoms with Gasteiger partial charge in [-0.25, -0.2) is 0 Å². The van der Waals surface area contributed by atoms with Crippen LogP contribution in [-0.4, -0.2) is 31.1 Å². The van der Waals surface area contributed by atoms with Crippen LogP contribution < -0.4 is 5.73 Å². The Morgan fingerprint density at radius 3 is 2.00 bits per heavy atom. The van der Waals surface area contributed by atoms with Crippen LogP contribution in [0.2, 0.25) is 0 Å². The van der Waals surface area contributed by atoms with Crippen molar-refractivity contribution in [2.45, 2.75) is 47.1 Å². The molecule has 0 aliphatic rings. The van der Waals surface area contributed by atoms with Crippen LogP contribution >= 0.6 is 0 Å². The maximum Gasteiger partial charge on any atom is 0.0218 e. The van der Waals surface area contributed by atoms with Gasteiger partial charge in [-0.3, -0.25) is 0 Å². The fourth-order valence-electron chi connectivity index (χ4n) is 1.88. The van der Waals surface area contributed by atoms with Gasteiger partial charge in [0.05, 0.1) is 0 Å². The first-order chi connectivity index (χ1) is 6.26. The molecule has 0 saturated heterocycles. The lowest BCUT2D eigenvalue weighted by Crippen LogP contribution is -2.42. The van der Waals surface area contributed by atoms with Crippen LogP contribution in [0.5, 0.6) is 0 Å². The summed E-state index contributed by atoms with van der Waals surface area (Å²) in [5.74, 6) is 0.728. The average Bonchev–Trinajstić information content (AvgIpc) is 1.96. The molecule has 0 rings (SSSR count). The minimum Gasteiger partial charge on any atom is -0.329 e. The number of nitrogens with zero attached hydrogens (tertiary/aromatic N) is 1. The SMILES string of the molecule is CC(C)CC(CN)N(C)CC(C)(C)C. The molecule has 0 radical (unpaired) electrons. The van der Waals surface area contributed by atoms with E-state index in [1.54, 1.807) is 0 Å². The van der Waals surface area contributed by atoms with Gasteiger partial charge in [0.1, 0.15) is 0 Å². The van der Waals surface area contributed by atoms with Crippen molar-refractivity contribution >= 4 is 0 Å². The maximum absolute atomic E-state index is 5.80. The van der Waals surface area contributed by atoms with E-state index in [1.807, 2.05) is 0 Å². The zero-order valence-corrected chi connectivity index (χ0v) is 10.8. The molecular formula is C12H28N2. The minimum absolute atomic E-state index is 0.360. The third-order valence-corrected chi connectivity index (χ3v) is 2.36. The van der Waals surface area contributed by atoms with Crippen LogP contribution in [0, 0.1) is 11.3 Å². The second-order valence-corrected chi connectivity index (χ2v) is 5.99. The van der Waals surface area contributed by atoms with Crippen LogP contribution in [0.25, 0.3) is 0 Å². The number of rotatable bonds is 5. The Morgan fingerprint density at radius 2 is 1.71 bits per heavy atom. The molecule has 0 aromatic heterocycles. The molecule has 2 heteroatoms. The number of likely N-dealkylation sites (N-methyl/N-ethyl adjacent to an activating group) is 1. The molecule has 0 aromatic rings. The Balaban J connectivity index is 4.10. The van der Waals surface area contributed by atoms with Crippen LogP contribution in [-0.2, 0) is 0 Å². The lowest BCUT2D eigenvalue weighted by atomic mass is 9.94. The molecule has 0 aliphatic heterocycles. The van der Waals surface area contributed by atoms with Crippen molar-refractivity contribution in [1.82, 2.24) is 4.90 Å². The van der Waals surface area contributed by atoms with Gasteiger partial charge in [0.25, 0.3) is 0 Å². The van der Waals surface area contributed by atoms with Crippen LogP contribution in [0.1, 0.15) is 41.0 Å². The second-order valence-electron chi connectivity index (χ2n) is 5.99. The molecule has 0 spiro atoms. The summed E-state index contributed by atoms with van der Waals surface area (Å²) in [6, 6.07) is 0.536. The van der Waals surface area contributed by atoms with Gasteiger partial charge in [0.2, 0.25) is 0 Å². The van der Waals surface area contributed by atoms with E-state index in [4.69, 9.17) is 5.73 Å². The first-order valence-electron chi connectivity index (χ1n) is 5.66. The molecule has 86 valence electrons. The van der Waals surface area contributed by atoms with Gasteiger partial charge in [0.15, 0.2) is 0 Å². The Labute approximate surface area is 89.9 Å². The smallest absolute Gasteiger partial charge is 0.0218 e. The average molecular weight is 200 g/mol. The lowest BCUT2D eigenvalue weighted by Gasteiger charge is -2.33. The van der Waals surface area contributed by atoms with E-state index in [2.05, 4.69) is 46.6 Å². The molecular weight excluding hydrogens is 172 g/mol. The van der Waals surface area contributed by atoms with Crippen molar-refractivity contribution in [3.05, 3.63) is 0 Å². The van der Waals surface area contributed by atoms with Gasteiger partial charge in [0, 0.05) is 19.1 Å². The molecule has 1 atom stereocenters. The Morgan fingerprint density at radius 1 is 1.21 bits per heavy atom. The predicted molar refractivity (Wildman–Crippen MR) is 64.4 cm³/mol. The topological polar surface area (TPSA) is 29.3 Å². The van der Waals surface area contributed by atoms with Gasteiger partial charge < -0.3 is 10.6 Å². The summed E-state index contributed by atoms with van der Waals surface area (Å²) in [7, 11) is 2.19. The zero-order chi connectivity index (χ0) is 11.4. The van der Waals surface area contributed by atoms with Crippen LogP contribution in [0.15, 0.2) is 0 Å². The van der Waals surface area contributed by atoms with Crippen LogP contribution in [0.4, 0.5) is 0 Å². The van der Waals surface area contributed by atoms with Crippen molar-refractivity contribution in [3.63, 3.8) is 0 Å². The molecule has 2 N–H and O–H groups in total. The summed E-state index contributed by atoms with van der Waals surface area (Å²) in [5.41, 5.74) is 6.16. The minimum atomic E-state index is 0.360. The number of hydrogen-bond acceptors (Lipinski definition) is 2. The molecule has 0 bridgehead atoms. The zero-order valence-electron chi connectivity index (χ0n) is 10.8. The lowest BCUT2D eigenvalue weighted by molar-refractivity contribution is 0.158. The summed E-state index contributed by atoms with van der Waals surface area (Å²) in [4.78, 5) is 2.40. The fourth-order valence-corrected chi connectivity index (χ4v) is 1.88. The predicted octanol–water partition coefficient (Wildman–Crippen LogP) is 2.34. The van der Waals surface area contributed by atoms with Crippen molar-refractivity contribution < 1.29 is 0 Å². The largest absolute Gasteiger partial charge is 0.329 e. The first-order valence-corrected chi connectivity index (χ1v) is 5.66. The molecule has 0 aliphatic carbocycles. The molecule has 2 nitrogen and oxygen atoms in total. The Bertz CT molecular complexity index is 147. The van der Waals surface area contributed by atoms with Gasteiger partial charge in [-0.15, -0.1) is 0 Å². The monoisotopic (exact) mass is 200 g/mol. The van der Waals surface area contributed by atoms with E-state index >= 15 is 0 Å². The summed E-state index contributed by atoms with van der Waals surface area (Å²) >= 11 is 0. The van der Waals surface area contributed by atoms with E-state index in [-0.39, 0.29) is 0 Å². The van der Waals surface area contributed by atoms with E-state index in [0.29, 0.717) is 11.5 Å². The molecule has 14 heavy (non-hydrogen) atoms. The Kier molecular flexibility index (Phi) is 5.68. The highest BCUT2D eigenvalue weighted by Gasteiger charge is 2.20. The van der Waals surface area contributed by atoms with E-state index < -0.39 is 0 Å². The van der Waals surface area contributed by atoms with E-state index in [0.717, 1.165) is 19.0 Å². The van der Waals surface area contributed by atoms with E-state index in [1.165, 1.54) is 6.42 Å². The molecule has 0 heterocycles. The first kappa shape index (κ1) is 13.9. The number of nitrogens with two attached hydrogens (primary N) is 1. The highest BCUT2D eigenvalue weighted by Crippen LogP contribution is 2.18. The van der Waals surface area contributed by atoms with E-state index in [9.17, 15) is 0 Å². The summed E-state index contributed by atoms with van der Waals surface area (Å²) < 4.78 is 0. The molecule has 0 amide bonds. The molecule has 0 fully saturated rings. The second kappa shape index (κ2) is 5.72. The Hall–Kier alpha value is -0.0800. The highest BCUT2D eigenvalue weighted by atomic mass is 15.1. The van der Waals surface area contributed by atoms with Crippen molar-refractivity contribution in [3.8, 4) is 0 Å². The summed E-state index contributed by atoms with van der Waals surface area (Å²) in [6.07, 6.45) is 1.20. The quantitative estimate of drug-likeness (QED) is 0.738. The number of hydrogen-bond donors (Lipinski definition) is 1. The van der Waals surface area contributed by atoms with Gasteiger partial charge in [-0.05, 0) is 24.8 Å². The van der Waals surface area contributed by atoms with Crippen molar-refractivity contribution in [2.24, 2.45) is 17.1 Å². The van der Waals surface area contributed by atoms with Crippen molar-refractivity contribution in [2.75, 3.05) is 20.1 Å². The fraction of sp³-hybridized carbons (Fsp3) is 1.00. The summed E-state index contributed by atoms with van der Waals surface area (Å²) in [6.45, 7) is 13.2. The standard InChI is InChI=1S/C12H28N2/c1-10(2)7-11(8-13)14(6)9-12(3,4)5/h10-11H,7-9,13H2,1-6H3. The maximum atomic E-state index is 5.80. The van der Waals surface area contributed by atoms with Crippen LogP contribution in [0.3, 0.4) is 0 Å². The highest BCUT2D eigenvalue weighted by molar-refractivity contribution is 4.75. The molecule has 0 aromatic carbocycles. The molecule has 0 saturated carbocycles. The third kappa shape index (κ3) is 6.39. The summed E-state index contributed by atoms with van der Waals surface area (Å²) in [5, 5.41) is 0. The van der Waals surface area contributed by atoms with Gasteiger partial charge >= 0.3 is 0 Å². The van der Waals surface area contributed by atoms with Crippen molar-refractivity contribution in [1.29, 1.82) is 0 Å². The van der Waals surface area contributed by atoms with Gasteiger partial charge in [-0.1, -0.05) is 34.6 Å². The third-order valence-electron chi connectivity index (χ3n) is 2.36. The van der Waals surface area contributed by atoms with Gasteiger partial charge in [-0.2, -0.15) is 0 Å².